The van der Waals surface area contributed by atoms with Crippen molar-refractivity contribution in [3.63, 3.8) is 0 Å². The molecule has 0 aliphatic rings. The molecule has 0 N–H and O–H groups in total. The maximum absolute atomic E-state index is 12.8. The molecule has 2 nitrogen and oxygen atoms in total. The highest BCUT2D eigenvalue weighted by molar-refractivity contribution is 5.35. The van der Waals surface area contributed by atoms with Gasteiger partial charge in [-0.05, 0) is 49.7 Å². The lowest BCUT2D eigenvalue weighted by atomic mass is 10.2. The molecule has 1 aromatic carbocycles. The van der Waals surface area contributed by atoms with Crippen molar-refractivity contribution in [3.8, 4) is 5.69 Å². The number of hydrogen-bond donors (Lipinski definition) is 0. The lowest BCUT2D eigenvalue weighted by Crippen LogP contribution is -2.19. The molecule has 0 aliphatic carbocycles. The largest absolute Gasteiger partial charge is 0.282 e. The second-order valence-electron chi connectivity index (χ2n) is 3.82. The van der Waals surface area contributed by atoms with E-state index >= 15 is 0 Å². The summed E-state index contributed by atoms with van der Waals surface area (Å²) in [6, 6.07) is 9.38. The molecule has 16 heavy (non-hydrogen) atoms. The topological polar surface area (TPSA) is 22.0 Å². The number of rotatable bonds is 1. The third-order valence-corrected chi connectivity index (χ3v) is 2.45. The van der Waals surface area contributed by atoms with Crippen molar-refractivity contribution in [2.45, 2.75) is 13.8 Å². The number of aryl methyl sites for hydroxylation is 2. The van der Waals surface area contributed by atoms with Crippen LogP contribution in [0.1, 0.15) is 11.3 Å². The van der Waals surface area contributed by atoms with Crippen LogP contribution in [0.25, 0.3) is 5.69 Å². The molecule has 0 aliphatic heterocycles. The van der Waals surface area contributed by atoms with Crippen molar-refractivity contribution in [3.05, 3.63) is 63.8 Å². The van der Waals surface area contributed by atoms with E-state index < -0.39 is 0 Å². The van der Waals surface area contributed by atoms with Gasteiger partial charge in [0.1, 0.15) is 5.82 Å². The van der Waals surface area contributed by atoms with Crippen LogP contribution in [-0.4, -0.2) is 4.57 Å². The molecule has 0 unspecified atom stereocenters. The summed E-state index contributed by atoms with van der Waals surface area (Å²) in [7, 11) is 0. The number of nitrogens with zero attached hydrogens (tertiary/aromatic N) is 1. The van der Waals surface area contributed by atoms with Crippen molar-refractivity contribution in [1.29, 1.82) is 0 Å². The van der Waals surface area contributed by atoms with Crippen LogP contribution in [0.5, 0.6) is 0 Å². The molecular weight excluding hydrogens is 205 g/mol. The average molecular weight is 217 g/mol. The molecule has 0 saturated carbocycles. The van der Waals surface area contributed by atoms with Crippen LogP contribution >= 0.6 is 0 Å². The van der Waals surface area contributed by atoms with Gasteiger partial charge in [0.05, 0.1) is 0 Å². The van der Waals surface area contributed by atoms with Crippen molar-refractivity contribution in [2.75, 3.05) is 0 Å². The van der Waals surface area contributed by atoms with E-state index in [9.17, 15) is 9.18 Å². The van der Waals surface area contributed by atoms with E-state index in [1.165, 1.54) is 12.1 Å². The zero-order valence-corrected chi connectivity index (χ0v) is 9.20. The predicted octanol–water partition coefficient (Wildman–Crippen LogP) is 2.59. The van der Waals surface area contributed by atoms with Crippen LogP contribution in [0.4, 0.5) is 4.39 Å². The normalized spacial score (nSPS) is 10.4. The first-order valence-electron chi connectivity index (χ1n) is 5.04. The Balaban J connectivity index is 2.65. The number of benzene rings is 1. The Bertz CT molecular complexity index is 569. The zero-order chi connectivity index (χ0) is 11.7. The van der Waals surface area contributed by atoms with E-state index in [2.05, 4.69) is 0 Å². The second-order valence-corrected chi connectivity index (χ2v) is 3.82. The van der Waals surface area contributed by atoms with Gasteiger partial charge in [-0.1, -0.05) is 0 Å². The van der Waals surface area contributed by atoms with E-state index in [1.807, 2.05) is 19.9 Å². The first-order valence-corrected chi connectivity index (χ1v) is 5.04. The highest BCUT2D eigenvalue weighted by atomic mass is 19.1. The Kier molecular flexibility index (Phi) is 2.60. The summed E-state index contributed by atoms with van der Waals surface area (Å²) in [6.45, 7) is 3.74. The van der Waals surface area contributed by atoms with E-state index in [0.29, 0.717) is 5.69 Å². The molecule has 0 saturated heterocycles. The molecule has 0 radical (unpaired) electrons. The Hall–Kier alpha value is -1.90. The number of hydrogen-bond acceptors (Lipinski definition) is 1. The Morgan fingerprint density at radius 2 is 1.69 bits per heavy atom. The van der Waals surface area contributed by atoms with Crippen molar-refractivity contribution in [1.82, 2.24) is 4.57 Å². The van der Waals surface area contributed by atoms with Gasteiger partial charge in [0.25, 0.3) is 5.56 Å². The van der Waals surface area contributed by atoms with Gasteiger partial charge in [-0.3, -0.25) is 9.36 Å². The van der Waals surface area contributed by atoms with Gasteiger partial charge in [0.2, 0.25) is 0 Å². The molecule has 82 valence electrons. The van der Waals surface area contributed by atoms with Crippen LogP contribution in [-0.2, 0) is 0 Å². The summed E-state index contributed by atoms with van der Waals surface area (Å²) in [5, 5.41) is 0. The molecule has 0 atom stereocenters. The minimum absolute atomic E-state index is 0.0934. The molecule has 1 aromatic heterocycles. The first-order chi connectivity index (χ1) is 7.58. The number of pyridine rings is 1. The molecule has 0 spiro atoms. The quantitative estimate of drug-likeness (QED) is 0.719. The first kappa shape index (κ1) is 10.6. The summed E-state index contributed by atoms with van der Waals surface area (Å²) >= 11 is 0. The van der Waals surface area contributed by atoms with E-state index in [0.717, 1.165) is 11.3 Å². The highest BCUT2D eigenvalue weighted by Crippen LogP contribution is 2.10. The van der Waals surface area contributed by atoms with Gasteiger partial charge in [0, 0.05) is 17.4 Å². The van der Waals surface area contributed by atoms with Crippen LogP contribution in [0.15, 0.2) is 41.2 Å². The van der Waals surface area contributed by atoms with Gasteiger partial charge < -0.3 is 0 Å². The Labute approximate surface area is 93.0 Å². The minimum atomic E-state index is -0.304. The van der Waals surface area contributed by atoms with Gasteiger partial charge in [0.15, 0.2) is 0 Å². The smallest absolute Gasteiger partial charge is 0.255 e. The van der Waals surface area contributed by atoms with Gasteiger partial charge in [-0.2, -0.15) is 0 Å². The van der Waals surface area contributed by atoms with Crippen molar-refractivity contribution in [2.24, 2.45) is 0 Å². The fraction of sp³-hybridized carbons (Fsp3) is 0.154. The standard InChI is InChI=1S/C13H12FNO/c1-9-7-10(2)15(13(16)8-9)12-5-3-11(14)4-6-12/h3-8H,1-2H3. The fourth-order valence-corrected chi connectivity index (χ4v) is 1.79. The Morgan fingerprint density at radius 1 is 1.06 bits per heavy atom. The van der Waals surface area contributed by atoms with Gasteiger partial charge >= 0.3 is 0 Å². The van der Waals surface area contributed by atoms with Crippen LogP contribution in [0.3, 0.4) is 0 Å². The summed E-state index contributed by atoms with van der Waals surface area (Å²) < 4.78 is 14.3. The van der Waals surface area contributed by atoms with Gasteiger partial charge in [-0.25, -0.2) is 4.39 Å². The minimum Gasteiger partial charge on any atom is -0.282 e. The zero-order valence-electron chi connectivity index (χ0n) is 9.20. The van der Waals surface area contributed by atoms with Gasteiger partial charge in [-0.15, -0.1) is 0 Å². The summed E-state index contributed by atoms with van der Waals surface area (Å²) in [6.07, 6.45) is 0. The molecule has 2 aromatic rings. The second kappa shape index (κ2) is 3.93. The fourth-order valence-electron chi connectivity index (χ4n) is 1.79. The monoisotopic (exact) mass is 217 g/mol. The lowest BCUT2D eigenvalue weighted by Gasteiger charge is -2.10. The van der Waals surface area contributed by atoms with Crippen LogP contribution < -0.4 is 5.56 Å². The molecule has 1 heterocycles. The number of aromatic nitrogens is 1. The Morgan fingerprint density at radius 3 is 2.25 bits per heavy atom. The molecular formula is C13H12FNO. The summed E-state index contributed by atoms with van der Waals surface area (Å²) in [5.74, 6) is -0.304. The molecule has 3 heteroatoms. The molecule has 0 bridgehead atoms. The maximum atomic E-state index is 12.8. The lowest BCUT2D eigenvalue weighted by molar-refractivity contribution is 0.627. The van der Waals surface area contributed by atoms with Crippen LogP contribution in [0, 0.1) is 19.7 Å². The van der Waals surface area contributed by atoms with Crippen molar-refractivity contribution < 1.29 is 4.39 Å². The maximum Gasteiger partial charge on any atom is 0.255 e. The third kappa shape index (κ3) is 1.89. The average Bonchev–Trinajstić information content (AvgIpc) is 2.19. The SMILES string of the molecule is Cc1cc(C)n(-c2ccc(F)cc2)c(=O)c1. The van der Waals surface area contributed by atoms with E-state index in [1.54, 1.807) is 22.8 Å². The third-order valence-electron chi connectivity index (χ3n) is 2.45. The molecule has 0 amide bonds. The highest BCUT2D eigenvalue weighted by Gasteiger charge is 2.03. The van der Waals surface area contributed by atoms with Crippen molar-refractivity contribution >= 4 is 0 Å². The van der Waals surface area contributed by atoms with E-state index in [-0.39, 0.29) is 11.4 Å². The van der Waals surface area contributed by atoms with E-state index in [4.69, 9.17) is 0 Å². The summed E-state index contributed by atoms with van der Waals surface area (Å²) in [4.78, 5) is 11.8. The predicted molar refractivity (Wildman–Crippen MR) is 61.5 cm³/mol. The molecule has 2 rings (SSSR count). The van der Waals surface area contributed by atoms with Crippen LogP contribution in [0.2, 0.25) is 0 Å². The number of halogens is 1. The summed E-state index contributed by atoms with van der Waals surface area (Å²) in [5.41, 5.74) is 2.37. The molecule has 0 fully saturated rings.